The highest BCUT2D eigenvalue weighted by Crippen LogP contribution is 2.33. The van der Waals surface area contributed by atoms with E-state index in [1.165, 1.54) is 41.0 Å². The highest BCUT2D eigenvalue weighted by atomic mass is 19.1. The lowest BCUT2D eigenvalue weighted by Crippen LogP contribution is -2.64. The smallest absolute Gasteiger partial charge is 0.358 e. The zero-order chi connectivity index (χ0) is 21.9. The summed E-state index contributed by atoms with van der Waals surface area (Å²) >= 11 is 0. The lowest BCUT2D eigenvalue weighted by molar-refractivity contribution is -0.126. The first-order chi connectivity index (χ1) is 14.3. The van der Waals surface area contributed by atoms with Crippen LogP contribution >= 0.6 is 0 Å². The Hall–Kier alpha value is -3.27. The molecule has 2 heterocycles. The van der Waals surface area contributed by atoms with Crippen LogP contribution in [-0.4, -0.2) is 60.0 Å². The first kappa shape index (κ1) is 21.4. The van der Waals surface area contributed by atoms with Crippen molar-refractivity contribution in [2.24, 2.45) is 0 Å². The maximum absolute atomic E-state index is 13.9. The van der Waals surface area contributed by atoms with E-state index in [-0.39, 0.29) is 43.4 Å². The van der Waals surface area contributed by atoms with E-state index >= 15 is 0 Å². The largest absolute Gasteiger partial charge is 0.461 e. The molecule has 2 amide bonds. The number of hydrogen-bond acceptors (Lipinski definition) is 6. The minimum atomic E-state index is -1.43. The molecule has 1 aromatic heterocycles. The molecule has 1 aliphatic rings. The van der Waals surface area contributed by atoms with E-state index in [1.807, 2.05) is 0 Å². The van der Waals surface area contributed by atoms with Crippen molar-refractivity contribution < 1.29 is 28.2 Å². The lowest BCUT2D eigenvalue weighted by atomic mass is 9.94. The quantitative estimate of drug-likeness (QED) is 0.538. The Balaban J connectivity index is 2.06. The van der Waals surface area contributed by atoms with Crippen LogP contribution in [0.4, 0.5) is 10.1 Å². The predicted octanol–water partition coefficient (Wildman–Crippen LogP) is 1.38. The summed E-state index contributed by atoms with van der Waals surface area (Å²) in [7, 11) is 1.50. The number of nitrogens with zero attached hydrogens (tertiary/aromatic N) is 3. The number of nitrogens with one attached hydrogen (secondary N) is 1. The average Bonchev–Trinajstić information content (AvgIpc) is 3.12. The summed E-state index contributed by atoms with van der Waals surface area (Å²) in [6, 6.07) is 6.74. The van der Waals surface area contributed by atoms with Gasteiger partial charge in [-0.3, -0.25) is 19.2 Å². The van der Waals surface area contributed by atoms with E-state index in [9.17, 15) is 18.8 Å². The minimum Gasteiger partial charge on any atom is -0.461 e. The third-order valence-electron chi connectivity index (χ3n) is 4.79. The fourth-order valence-corrected chi connectivity index (χ4v) is 3.36. The zero-order valence-electron chi connectivity index (χ0n) is 17.0. The summed E-state index contributed by atoms with van der Waals surface area (Å²) < 4.78 is 25.1. The molecule has 1 atom stereocenters. The molecule has 0 radical (unpaired) electrons. The van der Waals surface area contributed by atoms with Crippen LogP contribution in [0, 0.1) is 5.82 Å². The van der Waals surface area contributed by atoms with E-state index < -0.39 is 29.1 Å². The number of halogens is 1. The van der Waals surface area contributed by atoms with Gasteiger partial charge in [-0.05, 0) is 32.0 Å². The van der Waals surface area contributed by atoms with Crippen molar-refractivity contribution >= 4 is 23.5 Å². The number of anilines is 1. The maximum atomic E-state index is 13.9. The molecule has 0 unspecified atom stereocenters. The molecule has 1 N–H and O–H groups in total. The van der Waals surface area contributed by atoms with Crippen LogP contribution in [-0.2, 0) is 20.8 Å². The molecule has 3 rings (SSSR count). The second-order valence-electron chi connectivity index (χ2n) is 6.94. The summed E-state index contributed by atoms with van der Waals surface area (Å²) in [4.78, 5) is 39.7. The van der Waals surface area contributed by atoms with E-state index in [1.54, 1.807) is 19.9 Å². The summed E-state index contributed by atoms with van der Waals surface area (Å²) in [5.41, 5.74) is -1.15. The van der Waals surface area contributed by atoms with Crippen LogP contribution in [0.25, 0.3) is 0 Å². The Morgan fingerprint density at radius 3 is 2.77 bits per heavy atom. The van der Waals surface area contributed by atoms with E-state index in [0.717, 1.165) is 0 Å². The number of aromatic nitrogens is 2. The van der Waals surface area contributed by atoms with Crippen LogP contribution in [0.5, 0.6) is 0 Å². The molecule has 1 aliphatic heterocycles. The topological polar surface area (TPSA) is 103 Å². The van der Waals surface area contributed by atoms with Crippen molar-refractivity contribution in [2.75, 3.05) is 31.8 Å². The Kier molecular flexibility index (Phi) is 6.16. The molecule has 2 aromatic rings. The number of carbonyl (C=O) groups is 3. The van der Waals surface area contributed by atoms with Crippen LogP contribution < -0.4 is 10.2 Å². The Labute approximate surface area is 172 Å². The molecular weight excluding hydrogens is 395 g/mol. The van der Waals surface area contributed by atoms with Gasteiger partial charge in [0.05, 0.1) is 19.8 Å². The molecule has 10 heteroatoms. The summed E-state index contributed by atoms with van der Waals surface area (Å²) in [6.07, 6.45) is 0. The highest BCUT2D eigenvalue weighted by molar-refractivity contribution is 6.12. The van der Waals surface area contributed by atoms with Gasteiger partial charge in [-0.25, -0.2) is 9.18 Å². The van der Waals surface area contributed by atoms with Crippen LogP contribution in [0.3, 0.4) is 0 Å². The summed E-state index contributed by atoms with van der Waals surface area (Å²) in [6.45, 7) is 3.86. The standard InChI is InChI=1S/C20H23FN4O5/c1-4-30-18(27)15-11-16-17(26)25(14-7-5-6-13(21)10-14)20(2,12-24(16)23-15)19(28)22-8-9-29-3/h5-7,10-11H,4,8-9,12H2,1-3H3,(H,22,28)/t20-/m1/s1. The van der Waals surface area contributed by atoms with Gasteiger partial charge in [0.15, 0.2) is 5.69 Å². The molecule has 30 heavy (non-hydrogen) atoms. The number of methoxy groups -OCH3 is 1. The van der Waals surface area contributed by atoms with Gasteiger partial charge in [-0.1, -0.05) is 6.07 Å². The normalized spacial score (nSPS) is 18.1. The third kappa shape index (κ3) is 3.90. The molecule has 9 nitrogen and oxygen atoms in total. The number of benzene rings is 1. The fourth-order valence-electron chi connectivity index (χ4n) is 3.36. The van der Waals surface area contributed by atoms with Gasteiger partial charge in [0.2, 0.25) is 5.91 Å². The number of hydrogen-bond donors (Lipinski definition) is 1. The van der Waals surface area contributed by atoms with Crippen molar-refractivity contribution in [2.45, 2.75) is 25.9 Å². The van der Waals surface area contributed by atoms with Crippen LogP contribution in [0.15, 0.2) is 30.3 Å². The van der Waals surface area contributed by atoms with Gasteiger partial charge in [-0.2, -0.15) is 5.10 Å². The second kappa shape index (κ2) is 8.62. The monoisotopic (exact) mass is 418 g/mol. The number of amides is 2. The number of fused-ring (bicyclic) bond motifs is 1. The van der Waals surface area contributed by atoms with Gasteiger partial charge < -0.3 is 14.8 Å². The second-order valence-corrected chi connectivity index (χ2v) is 6.94. The van der Waals surface area contributed by atoms with Gasteiger partial charge in [0.25, 0.3) is 5.91 Å². The highest BCUT2D eigenvalue weighted by Gasteiger charge is 2.49. The van der Waals surface area contributed by atoms with Crippen molar-refractivity contribution in [1.82, 2.24) is 15.1 Å². The molecule has 0 saturated carbocycles. The van der Waals surface area contributed by atoms with E-state index in [4.69, 9.17) is 9.47 Å². The maximum Gasteiger partial charge on any atom is 0.358 e. The van der Waals surface area contributed by atoms with Crippen molar-refractivity contribution in [3.8, 4) is 0 Å². The fraction of sp³-hybridized carbons (Fsp3) is 0.400. The van der Waals surface area contributed by atoms with Gasteiger partial charge >= 0.3 is 5.97 Å². The number of ether oxygens (including phenoxy) is 2. The number of esters is 1. The molecule has 0 spiro atoms. The van der Waals surface area contributed by atoms with Crippen molar-refractivity contribution in [3.05, 3.63) is 47.5 Å². The number of carbonyl (C=O) groups excluding carboxylic acids is 3. The van der Waals surface area contributed by atoms with Gasteiger partial charge in [0.1, 0.15) is 17.1 Å². The molecule has 160 valence electrons. The first-order valence-corrected chi connectivity index (χ1v) is 9.44. The lowest BCUT2D eigenvalue weighted by Gasteiger charge is -2.43. The summed E-state index contributed by atoms with van der Waals surface area (Å²) in [5.74, 6) is -2.26. The Morgan fingerprint density at radius 2 is 2.10 bits per heavy atom. The minimum absolute atomic E-state index is 0.0385. The Morgan fingerprint density at radius 1 is 1.33 bits per heavy atom. The van der Waals surface area contributed by atoms with Crippen LogP contribution in [0.1, 0.15) is 34.8 Å². The Bertz CT molecular complexity index is 976. The van der Waals surface area contributed by atoms with Crippen molar-refractivity contribution in [3.63, 3.8) is 0 Å². The van der Waals surface area contributed by atoms with Gasteiger partial charge in [-0.15, -0.1) is 0 Å². The number of rotatable bonds is 7. The van der Waals surface area contributed by atoms with E-state index in [0.29, 0.717) is 0 Å². The molecule has 1 aromatic carbocycles. The van der Waals surface area contributed by atoms with Gasteiger partial charge in [0, 0.05) is 25.4 Å². The molecule has 0 bridgehead atoms. The summed E-state index contributed by atoms with van der Waals surface area (Å²) in [5, 5.41) is 6.88. The third-order valence-corrected chi connectivity index (χ3v) is 4.79. The SMILES string of the molecule is CCOC(=O)c1cc2n(n1)C[C@](C)(C(=O)NCCOC)N(c1cccc(F)c1)C2=O. The molecule has 0 aliphatic carbocycles. The first-order valence-electron chi connectivity index (χ1n) is 9.44. The van der Waals surface area contributed by atoms with E-state index in [2.05, 4.69) is 10.4 Å². The zero-order valence-corrected chi connectivity index (χ0v) is 17.0. The molecule has 0 fully saturated rings. The predicted molar refractivity (Wildman–Crippen MR) is 105 cm³/mol. The average molecular weight is 418 g/mol. The molecular formula is C20H23FN4O5. The molecule has 0 saturated heterocycles. The van der Waals surface area contributed by atoms with Crippen LogP contribution in [0.2, 0.25) is 0 Å². The van der Waals surface area contributed by atoms with Crippen molar-refractivity contribution in [1.29, 1.82) is 0 Å².